The molecule has 0 spiro atoms. The molecule has 0 aromatic carbocycles. The van der Waals surface area contributed by atoms with Gasteiger partial charge in [0.15, 0.2) is 0 Å². The molecule has 10 fully saturated rings. The number of hydrogen-bond donors (Lipinski definition) is 2. The highest BCUT2D eigenvalue weighted by molar-refractivity contribution is 8.00. The van der Waals surface area contributed by atoms with Crippen molar-refractivity contribution in [2.45, 2.75) is 136 Å². The summed E-state index contributed by atoms with van der Waals surface area (Å²) in [5.41, 5.74) is 1.11. The summed E-state index contributed by atoms with van der Waals surface area (Å²) in [4.78, 5) is 0. The first-order valence-electron chi connectivity index (χ1n) is 14.3. The molecule has 0 aromatic heterocycles. The predicted octanol–water partition coefficient (Wildman–Crippen LogP) is 5.90. The van der Waals surface area contributed by atoms with E-state index in [0.29, 0.717) is 11.1 Å². The topological polar surface area (TPSA) is 24.1 Å². The third-order valence-electron chi connectivity index (χ3n) is 11.8. The molecule has 31 heavy (non-hydrogen) atoms. The molecule has 0 unspecified atom stereocenters. The summed E-state index contributed by atoms with van der Waals surface area (Å²) in [6, 6.07) is 1.64. The van der Waals surface area contributed by atoms with Crippen LogP contribution in [0.15, 0.2) is 0 Å². The fourth-order valence-electron chi connectivity index (χ4n) is 11.7. The predicted molar refractivity (Wildman–Crippen MR) is 129 cm³/mol. The molecule has 2 N–H and O–H groups in total. The van der Waals surface area contributed by atoms with Crippen molar-refractivity contribution in [3.63, 3.8) is 0 Å². The number of hydrogen-bond acceptors (Lipinski definition) is 3. The first kappa shape index (κ1) is 19.6. The van der Waals surface area contributed by atoms with Gasteiger partial charge in [0.25, 0.3) is 0 Å². The van der Waals surface area contributed by atoms with E-state index < -0.39 is 0 Å². The van der Waals surface area contributed by atoms with Crippen LogP contribution in [0.25, 0.3) is 0 Å². The molecular formula is C28H44N2S. The summed E-state index contributed by atoms with van der Waals surface area (Å²) < 4.78 is 0. The van der Waals surface area contributed by atoms with Gasteiger partial charge in [-0.15, -0.1) is 0 Å². The van der Waals surface area contributed by atoms with Gasteiger partial charge in [0, 0.05) is 33.7 Å². The van der Waals surface area contributed by atoms with Crippen molar-refractivity contribution in [3.8, 4) is 0 Å². The lowest BCUT2D eigenvalue weighted by molar-refractivity contribution is -0.0301. The number of thioether (sulfide) groups is 1. The molecule has 0 amide bonds. The largest absolute Gasteiger partial charge is 0.307 e. The van der Waals surface area contributed by atoms with Gasteiger partial charge < -0.3 is 10.6 Å². The zero-order chi connectivity index (χ0) is 20.2. The maximum absolute atomic E-state index is 4.42. The van der Waals surface area contributed by atoms with Crippen LogP contribution in [0.2, 0.25) is 0 Å². The molecule has 172 valence electrons. The van der Waals surface area contributed by atoms with Crippen LogP contribution in [0.1, 0.15) is 103 Å². The molecule has 2 aliphatic heterocycles. The average molecular weight is 441 g/mol. The van der Waals surface area contributed by atoms with Gasteiger partial charge in [0.1, 0.15) is 0 Å². The lowest BCUT2D eigenvalue weighted by Crippen LogP contribution is -2.66. The molecule has 3 heteroatoms. The van der Waals surface area contributed by atoms with Gasteiger partial charge in [-0.3, -0.25) is 0 Å². The Morgan fingerprint density at radius 3 is 1.10 bits per heavy atom. The first-order valence-corrected chi connectivity index (χ1v) is 15.3. The lowest BCUT2D eigenvalue weighted by atomic mass is 9.52. The van der Waals surface area contributed by atoms with Gasteiger partial charge in [0.05, 0.1) is 0 Å². The standard InChI is InChI=1S/C28H44N2S/c1-3-25-24(30-28-14-20-8-21(15-28)10-22(9-20)16-28)2-4-26(31-25)23(1)29-27-11-17-5-18(12-27)7-19(6-17)13-27/h17-26,29-30H,1-16H2/t17?,18?,19?,20?,21?,22?,23-,24-,25-,26-,27?,28?/m1/s1. The Balaban J connectivity index is 0.934. The normalized spacial score (nSPS) is 61.2. The summed E-state index contributed by atoms with van der Waals surface area (Å²) in [5, 5.41) is 10.6. The summed E-state index contributed by atoms with van der Waals surface area (Å²) >= 11 is 2.42. The van der Waals surface area contributed by atoms with E-state index in [-0.39, 0.29) is 0 Å². The van der Waals surface area contributed by atoms with Crippen LogP contribution in [0.3, 0.4) is 0 Å². The summed E-state index contributed by atoms with van der Waals surface area (Å²) in [6.45, 7) is 0. The van der Waals surface area contributed by atoms with Gasteiger partial charge >= 0.3 is 0 Å². The molecule has 4 atom stereocenters. The van der Waals surface area contributed by atoms with Gasteiger partial charge in [-0.05, 0) is 138 Å². The molecule has 10 aliphatic rings. The molecule has 0 radical (unpaired) electrons. The molecule has 2 nitrogen and oxygen atoms in total. The molecule has 10 rings (SSSR count). The lowest BCUT2D eigenvalue weighted by Gasteiger charge is -2.60. The van der Waals surface area contributed by atoms with Crippen molar-refractivity contribution in [3.05, 3.63) is 0 Å². The van der Waals surface area contributed by atoms with Crippen molar-refractivity contribution in [1.29, 1.82) is 0 Å². The van der Waals surface area contributed by atoms with Crippen LogP contribution in [-0.2, 0) is 0 Å². The van der Waals surface area contributed by atoms with Crippen LogP contribution in [0.5, 0.6) is 0 Å². The molecule has 8 aliphatic carbocycles. The fraction of sp³-hybridized carbons (Fsp3) is 1.00. The van der Waals surface area contributed by atoms with E-state index in [1.807, 2.05) is 0 Å². The molecule has 0 aromatic rings. The third kappa shape index (κ3) is 3.25. The molecule has 10 bridgehead atoms. The minimum atomic E-state index is 0.557. The van der Waals surface area contributed by atoms with E-state index in [1.165, 1.54) is 64.2 Å². The highest BCUT2D eigenvalue weighted by Crippen LogP contribution is 2.58. The van der Waals surface area contributed by atoms with Crippen LogP contribution in [0.4, 0.5) is 0 Å². The van der Waals surface area contributed by atoms with Crippen molar-refractivity contribution in [2.24, 2.45) is 35.5 Å². The van der Waals surface area contributed by atoms with Crippen LogP contribution in [-0.4, -0.2) is 33.7 Å². The van der Waals surface area contributed by atoms with E-state index in [2.05, 4.69) is 22.4 Å². The minimum absolute atomic E-state index is 0.557. The summed E-state index contributed by atoms with van der Waals surface area (Å²) in [7, 11) is 0. The fourth-order valence-corrected chi connectivity index (χ4v) is 13.5. The summed E-state index contributed by atoms with van der Waals surface area (Å²) in [5.74, 6) is 6.43. The van der Waals surface area contributed by atoms with Crippen molar-refractivity contribution in [2.75, 3.05) is 0 Å². The van der Waals surface area contributed by atoms with Crippen molar-refractivity contribution >= 4 is 11.8 Å². The second-order valence-corrected chi connectivity index (χ2v) is 15.7. The number of fused-ring (bicyclic) bond motifs is 2. The second-order valence-electron chi connectivity index (χ2n) is 14.3. The maximum Gasteiger partial charge on any atom is 0.0205 e. The number of nitrogens with one attached hydrogen (secondary N) is 2. The molecule has 2 heterocycles. The van der Waals surface area contributed by atoms with Crippen LogP contribution < -0.4 is 10.6 Å². The van der Waals surface area contributed by atoms with E-state index in [1.54, 1.807) is 38.5 Å². The average Bonchev–Trinajstić information content (AvgIpc) is 2.70. The monoisotopic (exact) mass is 440 g/mol. The Bertz CT molecular complexity index is 602. The smallest absolute Gasteiger partial charge is 0.0205 e. The van der Waals surface area contributed by atoms with Gasteiger partial charge in [-0.2, -0.15) is 11.8 Å². The minimum Gasteiger partial charge on any atom is -0.307 e. The van der Waals surface area contributed by atoms with E-state index >= 15 is 0 Å². The Morgan fingerprint density at radius 1 is 0.452 bits per heavy atom. The quantitative estimate of drug-likeness (QED) is 0.569. The number of rotatable bonds is 4. The van der Waals surface area contributed by atoms with Crippen molar-refractivity contribution < 1.29 is 0 Å². The molecule has 8 saturated carbocycles. The van der Waals surface area contributed by atoms with Crippen molar-refractivity contribution in [1.82, 2.24) is 10.6 Å². The van der Waals surface area contributed by atoms with Gasteiger partial charge in [-0.25, -0.2) is 0 Å². The Labute approximate surface area is 194 Å². The Morgan fingerprint density at radius 2 is 0.774 bits per heavy atom. The maximum atomic E-state index is 4.42. The van der Waals surface area contributed by atoms with E-state index in [0.717, 1.165) is 58.1 Å². The SMILES string of the molecule is C1C2CC3CC1CC(N[C@@H]1CC[C@H]4S[C@@H]1CC[C@H]4NC14CC5CC(CC(C5)C1)C4)(C2)C3. The Kier molecular flexibility index (Phi) is 4.36. The molecule has 2 saturated heterocycles. The van der Waals surface area contributed by atoms with Crippen LogP contribution in [0, 0.1) is 35.5 Å². The van der Waals surface area contributed by atoms with Gasteiger partial charge in [-0.1, -0.05) is 0 Å². The highest BCUT2D eigenvalue weighted by Gasteiger charge is 2.54. The third-order valence-corrected chi connectivity index (χ3v) is 13.7. The zero-order valence-electron chi connectivity index (χ0n) is 19.5. The van der Waals surface area contributed by atoms with E-state index in [9.17, 15) is 0 Å². The van der Waals surface area contributed by atoms with Gasteiger partial charge in [0.2, 0.25) is 0 Å². The summed E-state index contributed by atoms with van der Waals surface area (Å²) in [6.07, 6.45) is 24.4. The second kappa shape index (κ2) is 6.91. The first-order chi connectivity index (χ1) is 15.1. The van der Waals surface area contributed by atoms with Crippen LogP contribution >= 0.6 is 11.8 Å². The molecular weight excluding hydrogens is 396 g/mol. The Hall–Kier alpha value is 0.270. The zero-order valence-corrected chi connectivity index (χ0v) is 20.3. The highest BCUT2D eigenvalue weighted by atomic mass is 32.2. The van der Waals surface area contributed by atoms with E-state index in [4.69, 9.17) is 0 Å².